The zero-order valence-electron chi connectivity index (χ0n) is 11.6. The molecule has 19 heavy (non-hydrogen) atoms. The van der Waals surface area contributed by atoms with Crippen LogP contribution in [0.15, 0.2) is 18.2 Å². The van der Waals surface area contributed by atoms with E-state index in [1.807, 2.05) is 0 Å². The molecule has 0 amide bonds. The molecule has 0 radical (unpaired) electrons. The first-order chi connectivity index (χ1) is 9.15. The summed E-state index contributed by atoms with van der Waals surface area (Å²) in [5.41, 5.74) is 0.675. The normalized spacial score (nSPS) is 23.1. The Morgan fingerprint density at radius 1 is 1.42 bits per heavy atom. The molecule has 0 aliphatic heterocycles. The molecule has 1 fully saturated rings. The summed E-state index contributed by atoms with van der Waals surface area (Å²) in [5, 5.41) is 0.600. The van der Waals surface area contributed by atoms with Gasteiger partial charge < -0.3 is 4.74 Å². The van der Waals surface area contributed by atoms with Crippen LogP contribution in [0, 0.1) is 11.8 Å². The van der Waals surface area contributed by atoms with E-state index in [1.54, 1.807) is 25.3 Å². The number of hydrogen-bond donors (Lipinski definition) is 0. The molecule has 2 nitrogen and oxygen atoms in total. The van der Waals surface area contributed by atoms with Crippen LogP contribution in [-0.4, -0.2) is 12.9 Å². The zero-order valence-corrected chi connectivity index (χ0v) is 12.4. The fourth-order valence-corrected chi connectivity index (χ4v) is 3.15. The molecule has 1 aliphatic carbocycles. The quantitative estimate of drug-likeness (QED) is 0.744. The predicted molar refractivity (Wildman–Crippen MR) is 78.1 cm³/mol. The summed E-state index contributed by atoms with van der Waals surface area (Å²) >= 11 is 5.94. The van der Waals surface area contributed by atoms with E-state index in [0.29, 0.717) is 22.3 Å². The first kappa shape index (κ1) is 14.4. The molecule has 1 aromatic carbocycles. The molecule has 0 aromatic heterocycles. The number of Topliss-reactive ketones (excluding diaryl/α,β-unsaturated/α-hetero) is 1. The van der Waals surface area contributed by atoms with E-state index in [2.05, 4.69) is 6.92 Å². The molecule has 1 saturated carbocycles. The van der Waals surface area contributed by atoms with E-state index < -0.39 is 0 Å². The molecule has 0 N–H and O–H groups in total. The number of carbonyl (C=O) groups is 1. The number of ketones is 1. The van der Waals surface area contributed by atoms with Crippen LogP contribution in [0.2, 0.25) is 5.02 Å². The standard InChI is InChI=1S/C16H21ClO2/c1-3-11-5-4-6-12(9-11)16(18)14-8-7-13(17)10-15(14)19-2/h7-8,10-12H,3-6,9H2,1-2H3. The minimum Gasteiger partial charge on any atom is -0.496 e. The number of methoxy groups -OCH3 is 1. The van der Waals surface area contributed by atoms with Gasteiger partial charge >= 0.3 is 0 Å². The first-order valence-electron chi connectivity index (χ1n) is 7.03. The van der Waals surface area contributed by atoms with Crippen molar-refractivity contribution in [1.82, 2.24) is 0 Å². The summed E-state index contributed by atoms with van der Waals surface area (Å²) in [5.74, 6) is 1.65. The van der Waals surface area contributed by atoms with Gasteiger partial charge in [-0.2, -0.15) is 0 Å². The largest absolute Gasteiger partial charge is 0.496 e. The Balaban J connectivity index is 2.19. The van der Waals surface area contributed by atoms with E-state index in [-0.39, 0.29) is 11.7 Å². The molecule has 0 heterocycles. The summed E-state index contributed by atoms with van der Waals surface area (Å²) < 4.78 is 5.29. The molecule has 104 valence electrons. The third-order valence-corrected chi connectivity index (χ3v) is 4.40. The Bertz CT molecular complexity index is 456. The molecule has 2 unspecified atom stereocenters. The fourth-order valence-electron chi connectivity index (χ4n) is 2.99. The van der Waals surface area contributed by atoms with Crippen molar-refractivity contribution < 1.29 is 9.53 Å². The average Bonchev–Trinajstić information content (AvgIpc) is 2.46. The van der Waals surface area contributed by atoms with Crippen LogP contribution in [0.4, 0.5) is 0 Å². The van der Waals surface area contributed by atoms with Gasteiger partial charge in [0.1, 0.15) is 5.75 Å². The molecule has 2 rings (SSSR count). The number of halogens is 1. The minimum atomic E-state index is 0.147. The Labute approximate surface area is 120 Å². The highest BCUT2D eigenvalue weighted by Crippen LogP contribution is 2.35. The Hall–Kier alpha value is -1.02. The van der Waals surface area contributed by atoms with E-state index in [4.69, 9.17) is 16.3 Å². The van der Waals surface area contributed by atoms with E-state index >= 15 is 0 Å². The fraction of sp³-hybridized carbons (Fsp3) is 0.562. The summed E-state index contributed by atoms with van der Waals surface area (Å²) in [7, 11) is 1.58. The Morgan fingerprint density at radius 3 is 2.89 bits per heavy atom. The van der Waals surface area contributed by atoms with Crippen molar-refractivity contribution in [3.8, 4) is 5.75 Å². The van der Waals surface area contributed by atoms with Gasteiger partial charge in [-0.15, -0.1) is 0 Å². The summed E-state index contributed by atoms with van der Waals surface area (Å²) in [6, 6.07) is 5.27. The average molecular weight is 281 g/mol. The van der Waals surface area contributed by atoms with Gasteiger partial charge in [-0.25, -0.2) is 0 Å². The van der Waals surface area contributed by atoms with E-state index in [1.165, 1.54) is 12.8 Å². The first-order valence-corrected chi connectivity index (χ1v) is 7.41. The van der Waals surface area contributed by atoms with Crippen molar-refractivity contribution in [2.75, 3.05) is 7.11 Å². The molecule has 2 atom stereocenters. The molecule has 1 aromatic rings. The van der Waals surface area contributed by atoms with Crippen LogP contribution in [-0.2, 0) is 0 Å². The van der Waals surface area contributed by atoms with Crippen LogP contribution in [0.3, 0.4) is 0 Å². The number of rotatable bonds is 4. The van der Waals surface area contributed by atoms with Crippen molar-refractivity contribution >= 4 is 17.4 Å². The summed E-state index contributed by atoms with van der Waals surface area (Å²) in [6.07, 6.45) is 5.60. The number of carbonyl (C=O) groups excluding carboxylic acids is 1. The zero-order chi connectivity index (χ0) is 13.8. The lowest BCUT2D eigenvalue weighted by Crippen LogP contribution is -2.23. The maximum Gasteiger partial charge on any atom is 0.169 e. The number of hydrogen-bond acceptors (Lipinski definition) is 2. The molecule has 0 spiro atoms. The van der Waals surface area contributed by atoms with Crippen LogP contribution < -0.4 is 4.74 Å². The third kappa shape index (κ3) is 3.30. The molecule has 1 aliphatic rings. The van der Waals surface area contributed by atoms with Crippen molar-refractivity contribution in [2.45, 2.75) is 39.0 Å². The maximum absolute atomic E-state index is 12.6. The lowest BCUT2D eigenvalue weighted by molar-refractivity contribution is 0.0859. The van der Waals surface area contributed by atoms with Gasteiger partial charge in [0, 0.05) is 10.9 Å². The van der Waals surface area contributed by atoms with Crippen molar-refractivity contribution in [1.29, 1.82) is 0 Å². The van der Waals surface area contributed by atoms with E-state index in [0.717, 1.165) is 19.3 Å². The van der Waals surface area contributed by atoms with Crippen LogP contribution in [0.25, 0.3) is 0 Å². The molecular formula is C16H21ClO2. The van der Waals surface area contributed by atoms with Crippen LogP contribution in [0.5, 0.6) is 5.75 Å². The number of benzene rings is 1. The summed E-state index contributed by atoms with van der Waals surface area (Å²) in [6.45, 7) is 2.21. The summed E-state index contributed by atoms with van der Waals surface area (Å²) in [4.78, 5) is 12.6. The molecule has 3 heteroatoms. The van der Waals surface area contributed by atoms with Crippen LogP contribution >= 0.6 is 11.6 Å². The van der Waals surface area contributed by atoms with Gasteiger partial charge in [0.25, 0.3) is 0 Å². The second-order valence-corrected chi connectivity index (χ2v) is 5.78. The lowest BCUT2D eigenvalue weighted by Gasteiger charge is -2.27. The van der Waals surface area contributed by atoms with Gasteiger partial charge in [0.15, 0.2) is 5.78 Å². The van der Waals surface area contributed by atoms with Gasteiger partial charge in [-0.05, 0) is 37.0 Å². The van der Waals surface area contributed by atoms with Crippen molar-refractivity contribution in [3.63, 3.8) is 0 Å². The minimum absolute atomic E-state index is 0.147. The van der Waals surface area contributed by atoms with Crippen LogP contribution in [0.1, 0.15) is 49.4 Å². The van der Waals surface area contributed by atoms with Gasteiger partial charge in [0.05, 0.1) is 12.7 Å². The Kier molecular flexibility index (Phi) is 4.87. The van der Waals surface area contributed by atoms with Gasteiger partial charge in [-0.1, -0.05) is 37.8 Å². The number of ether oxygens (including phenoxy) is 1. The maximum atomic E-state index is 12.6. The SMILES string of the molecule is CCC1CCCC(C(=O)c2ccc(Cl)cc2OC)C1. The monoisotopic (exact) mass is 280 g/mol. The highest BCUT2D eigenvalue weighted by Gasteiger charge is 2.28. The molecule has 0 saturated heterocycles. The lowest BCUT2D eigenvalue weighted by atomic mass is 9.77. The highest BCUT2D eigenvalue weighted by molar-refractivity contribution is 6.30. The third-order valence-electron chi connectivity index (χ3n) is 4.16. The second kappa shape index (κ2) is 6.42. The van der Waals surface area contributed by atoms with E-state index in [9.17, 15) is 4.79 Å². The Morgan fingerprint density at radius 2 is 2.21 bits per heavy atom. The predicted octanol–water partition coefficient (Wildman–Crippen LogP) is 4.75. The smallest absolute Gasteiger partial charge is 0.169 e. The van der Waals surface area contributed by atoms with Crippen molar-refractivity contribution in [3.05, 3.63) is 28.8 Å². The van der Waals surface area contributed by atoms with Gasteiger partial charge in [0.2, 0.25) is 0 Å². The molecule has 0 bridgehead atoms. The van der Waals surface area contributed by atoms with Crippen molar-refractivity contribution in [2.24, 2.45) is 11.8 Å². The second-order valence-electron chi connectivity index (χ2n) is 5.35. The van der Waals surface area contributed by atoms with Gasteiger partial charge in [-0.3, -0.25) is 4.79 Å². The topological polar surface area (TPSA) is 26.3 Å². The molecular weight excluding hydrogens is 260 g/mol. The highest BCUT2D eigenvalue weighted by atomic mass is 35.5.